The second-order valence-corrected chi connectivity index (χ2v) is 7.65. The van der Waals surface area contributed by atoms with Gasteiger partial charge in [-0.3, -0.25) is 4.79 Å². The Kier molecular flexibility index (Phi) is 6.73. The fourth-order valence-electron chi connectivity index (χ4n) is 2.37. The number of carbonyl (C=O) groups excluding carboxylic acids is 1. The van der Waals surface area contributed by atoms with E-state index in [1.165, 1.54) is 10.4 Å². The first kappa shape index (κ1) is 18.9. The number of sulfonamides is 1. The monoisotopic (exact) mass is 355 g/mol. The molecule has 1 aromatic carbocycles. The number of nitrogens with zero attached hydrogens (tertiary/aromatic N) is 1. The first-order valence-corrected chi connectivity index (χ1v) is 9.61. The molecule has 0 saturated carbocycles. The van der Waals surface area contributed by atoms with Crippen LogP contribution in [-0.2, 0) is 19.6 Å². The molecule has 2 N–H and O–H groups in total. The van der Waals surface area contributed by atoms with Gasteiger partial charge in [0, 0.05) is 18.8 Å². The zero-order chi connectivity index (χ0) is 17.6. The van der Waals surface area contributed by atoms with Crippen LogP contribution in [0.15, 0.2) is 29.2 Å². The Morgan fingerprint density at radius 1 is 1.33 bits per heavy atom. The van der Waals surface area contributed by atoms with Gasteiger partial charge in [0.2, 0.25) is 15.9 Å². The van der Waals surface area contributed by atoms with Gasteiger partial charge < -0.3 is 15.4 Å². The summed E-state index contributed by atoms with van der Waals surface area (Å²) in [6, 6.07) is 6.01. The van der Waals surface area contributed by atoms with E-state index in [2.05, 4.69) is 10.6 Å². The summed E-state index contributed by atoms with van der Waals surface area (Å²) in [6.07, 6.45) is 0.935. The van der Waals surface area contributed by atoms with Crippen molar-refractivity contribution in [3.8, 4) is 0 Å². The van der Waals surface area contributed by atoms with Crippen molar-refractivity contribution in [2.24, 2.45) is 0 Å². The third-order valence-electron chi connectivity index (χ3n) is 3.80. The zero-order valence-electron chi connectivity index (χ0n) is 14.1. The number of amides is 1. The lowest BCUT2D eigenvalue weighted by Gasteiger charge is -2.26. The molecule has 134 valence electrons. The van der Waals surface area contributed by atoms with Gasteiger partial charge in [-0.1, -0.05) is 13.0 Å². The molecule has 1 aliphatic rings. The maximum atomic E-state index is 12.6. The van der Waals surface area contributed by atoms with E-state index in [1.54, 1.807) is 25.1 Å². The lowest BCUT2D eigenvalue weighted by Crippen LogP contribution is -2.40. The number of morpholine rings is 1. The summed E-state index contributed by atoms with van der Waals surface area (Å²) >= 11 is 0. The smallest absolute Gasteiger partial charge is 0.243 e. The Morgan fingerprint density at radius 2 is 2.04 bits per heavy atom. The molecule has 0 spiro atoms. The van der Waals surface area contributed by atoms with Crippen LogP contribution in [0.2, 0.25) is 0 Å². The van der Waals surface area contributed by atoms with Gasteiger partial charge in [-0.2, -0.15) is 4.31 Å². The van der Waals surface area contributed by atoms with Gasteiger partial charge in [-0.25, -0.2) is 8.42 Å². The quantitative estimate of drug-likeness (QED) is 0.763. The van der Waals surface area contributed by atoms with E-state index < -0.39 is 10.0 Å². The molecule has 1 atom stereocenters. The molecule has 7 nitrogen and oxygen atoms in total. The number of rotatable bonds is 7. The van der Waals surface area contributed by atoms with Crippen molar-refractivity contribution in [3.63, 3.8) is 0 Å². The second kappa shape index (κ2) is 8.57. The summed E-state index contributed by atoms with van der Waals surface area (Å²) in [7, 11) is -3.57. The number of anilines is 1. The van der Waals surface area contributed by atoms with Crippen molar-refractivity contribution < 1.29 is 17.9 Å². The minimum Gasteiger partial charge on any atom is -0.379 e. The number of nitrogens with one attached hydrogen (secondary N) is 2. The van der Waals surface area contributed by atoms with Gasteiger partial charge in [-0.05, 0) is 38.1 Å². The Balaban J connectivity index is 2.09. The van der Waals surface area contributed by atoms with Gasteiger partial charge in [-0.15, -0.1) is 0 Å². The highest BCUT2D eigenvalue weighted by atomic mass is 32.2. The van der Waals surface area contributed by atoms with Crippen LogP contribution >= 0.6 is 0 Å². The average Bonchev–Trinajstić information content (AvgIpc) is 2.60. The number of benzene rings is 1. The molecule has 0 aliphatic carbocycles. The summed E-state index contributed by atoms with van der Waals surface area (Å²) in [5.74, 6) is -0.190. The maximum absolute atomic E-state index is 12.6. The number of carbonyl (C=O) groups is 1. The highest BCUT2D eigenvalue weighted by Crippen LogP contribution is 2.20. The lowest BCUT2D eigenvalue weighted by molar-refractivity contribution is -0.117. The van der Waals surface area contributed by atoms with Gasteiger partial charge >= 0.3 is 0 Å². The maximum Gasteiger partial charge on any atom is 0.243 e. The largest absolute Gasteiger partial charge is 0.379 e. The molecule has 1 saturated heterocycles. The van der Waals surface area contributed by atoms with Gasteiger partial charge in [0.25, 0.3) is 0 Å². The molecule has 1 aliphatic heterocycles. The SMILES string of the molecule is CCCNC(C)C(=O)Nc1cccc(S(=O)(=O)N2CCOCC2)c1. The predicted octanol–water partition coefficient (Wildman–Crippen LogP) is 1.03. The molecule has 0 aromatic heterocycles. The van der Waals surface area contributed by atoms with Crippen LogP contribution in [0.5, 0.6) is 0 Å². The van der Waals surface area contributed by atoms with Crippen molar-refractivity contribution in [2.75, 3.05) is 38.2 Å². The van der Waals surface area contributed by atoms with Crippen LogP contribution < -0.4 is 10.6 Å². The summed E-state index contributed by atoms with van der Waals surface area (Å²) in [6.45, 7) is 6.04. The summed E-state index contributed by atoms with van der Waals surface area (Å²) in [5, 5.41) is 5.85. The van der Waals surface area contributed by atoms with Crippen molar-refractivity contribution in [1.82, 2.24) is 9.62 Å². The third-order valence-corrected chi connectivity index (χ3v) is 5.70. The highest BCUT2D eigenvalue weighted by molar-refractivity contribution is 7.89. The van der Waals surface area contributed by atoms with Crippen LogP contribution in [0.4, 0.5) is 5.69 Å². The van der Waals surface area contributed by atoms with E-state index in [0.717, 1.165) is 13.0 Å². The molecular weight excluding hydrogens is 330 g/mol. The third kappa shape index (κ3) is 4.76. The Hall–Kier alpha value is -1.48. The standard InChI is InChI=1S/C16H25N3O4S/c1-3-7-17-13(2)16(20)18-14-5-4-6-15(12-14)24(21,22)19-8-10-23-11-9-19/h4-6,12-13,17H,3,7-11H2,1-2H3,(H,18,20). The van der Waals surface area contributed by atoms with Crippen molar-refractivity contribution in [3.05, 3.63) is 24.3 Å². The number of ether oxygens (including phenoxy) is 1. The molecule has 1 heterocycles. The van der Waals surface area contributed by atoms with E-state index in [1.807, 2.05) is 6.92 Å². The predicted molar refractivity (Wildman–Crippen MR) is 92.4 cm³/mol. The summed E-state index contributed by atoms with van der Waals surface area (Å²) < 4.78 is 31.9. The van der Waals surface area contributed by atoms with Crippen LogP contribution in [0.3, 0.4) is 0 Å². The molecule has 1 fully saturated rings. The van der Waals surface area contributed by atoms with E-state index in [9.17, 15) is 13.2 Å². The average molecular weight is 355 g/mol. The molecule has 0 bridgehead atoms. The van der Waals surface area contributed by atoms with Crippen molar-refractivity contribution in [1.29, 1.82) is 0 Å². The Bertz CT molecular complexity index is 657. The molecule has 1 amide bonds. The summed E-state index contributed by atoms with van der Waals surface area (Å²) in [5.41, 5.74) is 0.472. The molecule has 8 heteroatoms. The van der Waals surface area contributed by atoms with Gasteiger partial charge in [0.1, 0.15) is 0 Å². The molecule has 1 unspecified atom stereocenters. The van der Waals surface area contributed by atoms with E-state index in [-0.39, 0.29) is 16.8 Å². The lowest BCUT2D eigenvalue weighted by atomic mass is 10.2. The molecule has 2 rings (SSSR count). The zero-order valence-corrected chi connectivity index (χ0v) is 14.9. The molecule has 24 heavy (non-hydrogen) atoms. The normalized spacial score (nSPS) is 17.4. The first-order valence-electron chi connectivity index (χ1n) is 8.17. The summed E-state index contributed by atoms with van der Waals surface area (Å²) in [4.78, 5) is 12.3. The van der Waals surface area contributed by atoms with Crippen LogP contribution in [0.25, 0.3) is 0 Å². The van der Waals surface area contributed by atoms with E-state index >= 15 is 0 Å². The number of hydrogen-bond donors (Lipinski definition) is 2. The van der Waals surface area contributed by atoms with E-state index in [4.69, 9.17) is 4.74 Å². The van der Waals surface area contributed by atoms with Crippen LogP contribution in [0, 0.1) is 0 Å². The van der Waals surface area contributed by atoms with Gasteiger partial charge in [0.05, 0.1) is 24.2 Å². The number of hydrogen-bond acceptors (Lipinski definition) is 5. The fraction of sp³-hybridized carbons (Fsp3) is 0.562. The fourth-order valence-corrected chi connectivity index (χ4v) is 3.83. The first-order chi connectivity index (χ1) is 11.4. The minimum absolute atomic E-state index is 0.177. The van der Waals surface area contributed by atoms with Gasteiger partial charge in [0.15, 0.2) is 0 Å². The van der Waals surface area contributed by atoms with E-state index in [0.29, 0.717) is 32.0 Å². The topological polar surface area (TPSA) is 87.7 Å². The molecule has 1 aromatic rings. The second-order valence-electron chi connectivity index (χ2n) is 5.71. The highest BCUT2D eigenvalue weighted by Gasteiger charge is 2.26. The minimum atomic E-state index is -3.57. The van der Waals surface area contributed by atoms with Crippen LogP contribution in [-0.4, -0.2) is 57.5 Å². The van der Waals surface area contributed by atoms with Crippen molar-refractivity contribution in [2.45, 2.75) is 31.2 Å². The Labute approximate surface area is 143 Å². The van der Waals surface area contributed by atoms with Crippen molar-refractivity contribution >= 4 is 21.6 Å². The van der Waals surface area contributed by atoms with Crippen LogP contribution in [0.1, 0.15) is 20.3 Å². The molecular formula is C16H25N3O4S. The Morgan fingerprint density at radius 3 is 2.71 bits per heavy atom. The molecule has 0 radical (unpaired) electrons.